The molecular formula is C23H25FN4O3S. The number of hydrogen-bond acceptors (Lipinski definition) is 6. The van der Waals surface area contributed by atoms with Crippen molar-refractivity contribution in [2.75, 3.05) is 12.9 Å². The maximum Gasteiger partial charge on any atom is 0.328 e. The lowest BCUT2D eigenvalue weighted by Gasteiger charge is -2.18. The van der Waals surface area contributed by atoms with Crippen molar-refractivity contribution in [2.45, 2.75) is 31.5 Å². The molecule has 32 heavy (non-hydrogen) atoms. The molecule has 1 N–H and O–H groups in total. The molecule has 0 aliphatic carbocycles. The summed E-state index contributed by atoms with van der Waals surface area (Å²) in [6.07, 6.45) is 0.473. The Bertz CT molecular complexity index is 1070. The normalized spacial score (nSPS) is 11.9. The van der Waals surface area contributed by atoms with Gasteiger partial charge in [0.05, 0.1) is 18.4 Å². The molecule has 1 amide bonds. The van der Waals surface area contributed by atoms with Crippen LogP contribution in [0.4, 0.5) is 4.39 Å². The van der Waals surface area contributed by atoms with E-state index < -0.39 is 17.8 Å². The summed E-state index contributed by atoms with van der Waals surface area (Å²) >= 11 is 1.15. The number of nitrogens with zero attached hydrogens (tertiary/aromatic N) is 3. The van der Waals surface area contributed by atoms with Crippen LogP contribution in [0.25, 0.3) is 17.1 Å². The number of benzene rings is 2. The van der Waals surface area contributed by atoms with Gasteiger partial charge >= 0.3 is 5.97 Å². The lowest BCUT2D eigenvalue weighted by Crippen LogP contribution is -2.43. The molecule has 1 atom stereocenters. The minimum atomic E-state index is -0.714. The van der Waals surface area contributed by atoms with Gasteiger partial charge in [-0.05, 0) is 36.6 Å². The van der Waals surface area contributed by atoms with Crippen molar-refractivity contribution < 1.29 is 18.7 Å². The maximum absolute atomic E-state index is 14.5. The molecule has 1 heterocycles. The van der Waals surface area contributed by atoms with Crippen LogP contribution in [0.3, 0.4) is 0 Å². The first-order valence-electron chi connectivity index (χ1n) is 10.2. The van der Waals surface area contributed by atoms with Gasteiger partial charge in [-0.2, -0.15) is 0 Å². The Morgan fingerprint density at radius 2 is 1.78 bits per heavy atom. The van der Waals surface area contributed by atoms with Crippen LogP contribution in [0.5, 0.6) is 0 Å². The molecule has 3 aromatic rings. The highest BCUT2D eigenvalue weighted by atomic mass is 32.2. The van der Waals surface area contributed by atoms with Crippen LogP contribution in [-0.2, 0) is 14.3 Å². The SMILES string of the molecule is COC(=O)C(CC(C)C)NC(=O)CSc1nnc(-c2ccccc2F)n1-c1ccccc1. The number of carbonyl (C=O) groups excluding carboxylic acids is 2. The Balaban J connectivity index is 1.83. The van der Waals surface area contributed by atoms with Crippen molar-refractivity contribution >= 4 is 23.6 Å². The van der Waals surface area contributed by atoms with Crippen molar-refractivity contribution in [1.29, 1.82) is 0 Å². The third kappa shape index (κ3) is 5.73. The van der Waals surface area contributed by atoms with Crippen LogP contribution < -0.4 is 5.32 Å². The lowest BCUT2D eigenvalue weighted by molar-refractivity contribution is -0.145. The van der Waals surface area contributed by atoms with Gasteiger partial charge in [0.2, 0.25) is 5.91 Å². The Morgan fingerprint density at radius 3 is 2.44 bits per heavy atom. The summed E-state index contributed by atoms with van der Waals surface area (Å²) in [6, 6.07) is 14.9. The molecule has 0 saturated heterocycles. The van der Waals surface area contributed by atoms with Crippen molar-refractivity contribution in [2.24, 2.45) is 5.92 Å². The second-order valence-electron chi connectivity index (χ2n) is 7.52. The standard InChI is InChI=1S/C23H25FN4O3S/c1-15(2)13-19(22(30)31-3)25-20(29)14-32-23-27-26-21(17-11-7-8-12-18(17)24)28(23)16-9-5-4-6-10-16/h4-12,15,19H,13-14H2,1-3H3,(H,25,29). The first kappa shape index (κ1) is 23.5. The number of nitrogens with one attached hydrogen (secondary N) is 1. The molecule has 9 heteroatoms. The monoisotopic (exact) mass is 456 g/mol. The minimum absolute atomic E-state index is 0.00777. The van der Waals surface area contributed by atoms with Crippen LogP contribution in [0.1, 0.15) is 20.3 Å². The molecule has 3 rings (SSSR count). The van der Waals surface area contributed by atoms with Crippen molar-refractivity contribution in [3.05, 3.63) is 60.4 Å². The second kappa shape index (κ2) is 10.9. The van der Waals surface area contributed by atoms with Gasteiger partial charge in [0.15, 0.2) is 11.0 Å². The van der Waals surface area contributed by atoms with Crippen molar-refractivity contribution in [1.82, 2.24) is 20.1 Å². The number of hydrogen-bond donors (Lipinski definition) is 1. The summed E-state index contributed by atoms with van der Waals surface area (Å²) in [5.41, 5.74) is 1.05. The van der Waals surface area contributed by atoms with E-state index in [0.29, 0.717) is 23.0 Å². The summed E-state index contributed by atoms with van der Waals surface area (Å²) in [4.78, 5) is 24.5. The van der Waals surface area contributed by atoms with Crippen LogP contribution in [0.15, 0.2) is 59.8 Å². The smallest absolute Gasteiger partial charge is 0.328 e. The fourth-order valence-electron chi connectivity index (χ4n) is 3.18. The number of thioether (sulfide) groups is 1. The summed E-state index contributed by atoms with van der Waals surface area (Å²) in [6.45, 7) is 3.92. The van der Waals surface area contributed by atoms with E-state index in [1.54, 1.807) is 22.8 Å². The first-order chi connectivity index (χ1) is 15.4. The summed E-state index contributed by atoms with van der Waals surface area (Å²) < 4.78 is 21.0. The predicted octanol–water partition coefficient (Wildman–Crippen LogP) is 3.87. The van der Waals surface area contributed by atoms with E-state index in [1.807, 2.05) is 44.2 Å². The fraction of sp³-hybridized carbons (Fsp3) is 0.304. The topological polar surface area (TPSA) is 86.1 Å². The van der Waals surface area contributed by atoms with Crippen LogP contribution in [0.2, 0.25) is 0 Å². The summed E-state index contributed by atoms with van der Waals surface area (Å²) in [5, 5.41) is 11.5. The highest BCUT2D eigenvalue weighted by Gasteiger charge is 2.24. The first-order valence-corrected chi connectivity index (χ1v) is 11.1. The van der Waals surface area contributed by atoms with Gasteiger partial charge in [-0.15, -0.1) is 10.2 Å². The van der Waals surface area contributed by atoms with E-state index in [1.165, 1.54) is 13.2 Å². The van der Waals surface area contributed by atoms with Crippen molar-refractivity contribution in [3.63, 3.8) is 0 Å². The molecule has 0 bridgehead atoms. The van der Waals surface area contributed by atoms with E-state index in [-0.39, 0.29) is 17.6 Å². The molecule has 1 aromatic heterocycles. The number of amides is 1. The number of methoxy groups -OCH3 is 1. The van der Waals surface area contributed by atoms with Gasteiger partial charge in [0.25, 0.3) is 0 Å². The Labute approximate surface area is 190 Å². The molecule has 7 nitrogen and oxygen atoms in total. The second-order valence-corrected chi connectivity index (χ2v) is 8.46. The summed E-state index contributed by atoms with van der Waals surface area (Å²) in [5.74, 6) is -0.678. The molecule has 0 radical (unpaired) electrons. The minimum Gasteiger partial charge on any atom is -0.467 e. The van der Waals surface area contributed by atoms with Gasteiger partial charge in [-0.1, -0.05) is 55.9 Å². The Morgan fingerprint density at radius 1 is 1.09 bits per heavy atom. The summed E-state index contributed by atoms with van der Waals surface area (Å²) in [7, 11) is 1.29. The Hall–Kier alpha value is -3.20. The van der Waals surface area contributed by atoms with Gasteiger partial charge in [0, 0.05) is 5.69 Å². The highest BCUT2D eigenvalue weighted by Crippen LogP contribution is 2.29. The fourth-order valence-corrected chi connectivity index (χ4v) is 3.95. The zero-order valence-electron chi connectivity index (χ0n) is 18.1. The molecule has 0 fully saturated rings. The highest BCUT2D eigenvalue weighted by molar-refractivity contribution is 7.99. The quantitative estimate of drug-likeness (QED) is 0.389. The molecule has 0 aliphatic heterocycles. The van der Waals surface area contributed by atoms with E-state index in [4.69, 9.17) is 4.74 Å². The number of aromatic nitrogens is 3. The molecular weight excluding hydrogens is 431 g/mol. The van der Waals surface area contributed by atoms with E-state index in [2.05, 4.69) is 15.5 Å². The average molecular weight is 457 g/mol. The van der Waals surface area contributed by atoms with Crippen molar-refractivity contribution in [3.8, 4) is 17.1 Å². The van der Waals surface area contributed by atoms with Gasteiger partial charge < -0.3 is 10.1 Å². The van der Waals surface area contributed by atoms with E-state index >= 15 is 0 Å². The largest absolute Gasteiger partial charge is 0.467 e. The molecule has 1 unspecified atom stereocenters. The zero-order valence-corrected chi connectivity index (χ0v) is 18.9. The molecule has 0 spiro atoms. The number of esters is 1. The van der Waals surface area contributed by atoms with Gasteiger partial charge in [-0.3, -0.25) is 9.36 Å². The van der Waals surface area contributed by atoms with Gasteiger partial charge in [-0.25, -0.2) is 9.18 Å². The maximum atomic E-state index is 14.5. The number of para-hydroxylation sites is 1. The van der Waals surface area contributed by atoms with Crippen LogP contribution in [0, 0.1) is 11.7 Å². The zero-order chi connectivity index (χ0) is 23.1. The van der Waals surface area contributed by atoms with Crippen LogP contribution in [-0.4, -0.2) is 45.5 Å². The van der Waals surface area contributed by atoms with Gasteiger partial charge in [0.1, 0.15) is 11.9 Å². The third-order valence-electron chi connectivity index (χ3n) is 4.62. The number of carbonyl (C=O) groups is 2. The number of halogens is 1. The molecule has 0 aliphatic rings. The average Bonchev–Trinajstić information content (AvgIpc) is 3.21. The number of rotatable bonds is 9. The molecule has 0 saturated carbocycles. The predicted molar refractivity (Wildman–Crippen MR) is 121 cm³/mol. The molecule has 2 aromatic carbocycles. The molecule has 168 valence electrons. The third-order valence-corrected chi connectivity index (χ3v) is 5.55. The Kier molecular flexibility index (Phi) is 7.99. The van der Waals surface area contributed by atoms with E-state index in [9.17, 15) is 14.0 Å². The van der Waals surface area contributed by atoms with E-state index in [0.717, 1.165) is 17.4 Å². The van der Waals surface area contributed by atoms with Crippen LogP contribution >= 0.6 is 11.8 Å². The lowest BCUT2D eigenvalue weighted by atomic mass is 10.0. The number of ether oxygens (including phenoxy) is 1.